The van der Waals surface area contributed by atoms with Gasteiger partial charge in [0.2, 0.25) is 0 Å². The molecular weight excluding hydrogens is 283 g/mol. The number of rotatable bonds is 10. The molecule has 5 heteroatoms. The average Bonchev–Trinajstić information content (AvgIpc) is 2.39. The minimum Gasteiger partial charge on any atom is -0.171 e. The molecule has 0 nitrogen and oxygen atoms in total. The van der Waals surface area contributed by atoms with Crippen LogP contribution in [0.25, 0.3) is 0 Å². The highest BCUT2D eigenvalue weighted by Gasteiger charge is 2.61. The van der Waals surface area contributed by atoms with E-state index in [2.05, 4.69) is 20.8 Å². The Morgan fingerprint density at radius 1 is 0.727 bits per heavy atom. The smallest absolute Gasteiger partial charge is 0.171 e. The number of alkyl halides is 3. The van der Waals surface area contributed by atoms with Gasteiger partial charge >= 0.3 is 6.18 Å². The van der Waals surface area contributed by atoms with E-state index >= 15 is 0 Å². The molecule has 0 rings (SSSR count). The van der Waals surface area contributed by atoms with Crippen LogP contribution in [0, 0.1) is 10.8 Å². The summed E-state index contributed by atoms with van der Waals surface area (Å²) >= 11 is 0. The van der Waals surface area contributed by atoms with Gasteiger partial charge in [0, 0.05) is 0 Å². The molecule has 0 aromatic heterocycles. The second-order valence-electron chi connectivity index (χ2n) is 8.22. The topological polar surface area (TPSA) is 0 Å². The molecule has 0 aliphatic carbocycles. The summed E-state index contributed by atoms with van der Waals surface area (Å²) in [6.45, 7) is 9.11. The summed E-state index contributed by atoms with van der Waals surface area (Å²) < 4.78 is 40.9. The van der Waals surface area contributed by atoms with Crippen LogP contribution in [0.3, 0.4) is 0 Å². The highest BCUT2D eigenvalue weighted by Crippen LogP contribution is 2.63. The molecule has 0 saturated carbocycles. The second-order valence-corrected chi connectivity index (χ2v) is 8.22. The van der Waals surface area contributed by atoms with Crippen molar-refractivity contribution in [2.75, 3.05) is 0 Å². The van der Waals surface area contributed by atoms with E-state index in [0.717, 1.165) is 44.9 Å². The summed E-state index contributed by atoms with van der Waals surface area (Å²) in [7, 11) is 3.66. The van der Waals surface area contributed by atoms with Gasteiger partial charge in [0.05, 0.1) is 5.41 Å². The van der Waals surface area contributed by atoms with Gasteiger partial charge in [-0.3, -0.25) is 0 Å². The van der Waals surface area contributed by atoms with E-state index in [-0.39, 0.29) is 5.41 Å². The molecular formula is C17H35B2F3. The van der Waals surface area contributed by atoms with Crippen molar-refractivity contribution in [3.63, 3.8) is 0 Å². The second kappa shape index (κ2) is 8.15. The van der Waals surface area contributed by atoms with Gasteiger partial charge < -0.3 is 0 Å². The van der Waals surface area contributed by atoms with Gasteiger partial charge in [-0.25, -0.2) is 0 Å². The first-order chi connectivity index (χ1) is 9.87. The molecule has 0 bridgehead atoms. The Morgan fingerprint density at radius 3 is 1.59 bits per heavy atom. The molecule has 0 saturated heterocycles. The van der Waals surface area contributed by atoms with Gasteiger partial charge in [-0.1, -0.05) is 78.4 Å². The highest BCUT2D eigenvalue weighted by atomic mass is 19.4. The molecule has 1 unspecified atom stereocenters. The van der Waals surface area contributed by atoms with Crippen molar-refractivity contribution in [3.05, 3.63) is 0 Å². The standard InChI is InChI=1S/C17H35B2F3/c1-6-8-10-11-13-15(5,12-9-7-2)16(18,19)14(3,4)17(20,21)22/h6-13,18-19H2,1-5H3. The summed E-state index contributed by atoms with van der Waals surface area (Å²) in [6.07, 6.45) is 4.12. The van der Waals surface area contributed by atoms with Gasteiger partial charge in [0.25, 0.3) is 0 Å². The Hall–Kier alpha value is -0.0801. The summed E-state index contributed by atoms with van der Waals surface area (Å²) in [5.41, 5.74) is -1.97. The first-order valence-corrected chi connectivity index (χ1v) is 8.94. The van der Waals surface area contributed by atoms with E-state index < -0.39 is 16.8 Å². The molecule has 0 aromatic rings. The van der Waals surface area contributed by atoms with Gasteiger partial charge in [-0.15, -0.1) is 0 Å². The van der Waals surface area contributed by atoms with Crippen LogP contribution in [-0.2, 0) is 0 Å². The predicted molar refractivity (Wildman–Crippen MR) is 96.0 cm³/mol. The first kappa shape index (κ1) is 21.9. The molecule has 130 valence electrons. The van der Waals surface area contributed by atoms with Crippen molar-refractivity contribution < 1.29 is 13.2 Å². The summed E-state index contributed by atoms with van der Waals surface area (Å²) in [6, 6.07) is 0. The third kappa shape index (κ3) is 4.71. The third-order valence-electron chi connectivity index (χ3n) is 6.44. The zero-order valence-electron chi connectivity index (χ0n) is 15.8. The Kier molecular flexibility index (Phi) is 8.12. The number of hydrogen-bond donors (Lipinski definition) is 0. The number of halogens is 3. The van der Waals surface area contributed by atoms with E-state index in [4.69, 9.17) is 0 Å². The summed E-state index contributed by atoms with van der Waals surface area (Å²) in [4.78, 5) is 0. The maximum atomic E-state index is 13.6. The molecule has 0 aliphatic heterocycles. The van der Waals surface area contributed by atoms with Crippen LogP contribution < -0.4 is 0 Å². The zero-order chi connectivity index (χ0) is 17.7. The first-order valence-electron chi connectivity index (χ1n) is 8.94. The molecule has 0 heterocycles. The lowest BCUT2D eigenvalue weighted by atomic mass is 9.32. The normalized spacial score (nSPS) is 16.5. The van der Waals surface area contributed by atoms with Crippen LogP contribution in [0.5, 0.6) is 0 Å². The fourth-order valence-electron chi connectivity index (χ4n) is 3.37. The molecule has 0 aliphatic rings. The van der Waals surface area contributed by atoms with E-state index in [1.165, 1.54) is 20.3 Å². The van der Waals surface area contributed by atoms with Crippen molar-refractivity contribution in [3.8, 4) is 0 Å². The fraction of sp³-hybridized carbons (Fsp3) is 1.00. The Balaban J connectivity index is 5.36. The predicted octanol–water partition coefficient (Wildman–Crippen LogP) is 5.12. The van der Waals surface area contributed by atoms with Crippen LogP contribution in [0.2, 0.25) is 5.21 Å². The molecule has 0 amide bonds. The minimum absolute atomic E-state index is 0.282. The van der Waals surface area contributed by atoms with Gasteiger partial charge in [-0.2, -0.15) is 13.2 Å². The van der Waals surface area contributed by atoms with Crippen LogP contribution in [0.15, 0.2) is 0 Å². The highest BCUT2D eigenvalue weighted by molar-refractivity contribution is 6.41. The Labute approximate surface area is 137 Å². The van der Waals surface area contributed by atoms with Crippen molar-refractivity contribution in [1.82, 2.24) is 0 Å². The lowest BCUT2D eigenvalue weighted by Gasteiger charge is -2.55. The molecule has 0 fully saturated rings. The van der Waals surface area contributed by atoms with Crippen LogP contribution >= 0.6 is 0 Å². The monoisotopic (exact) mass is 318 g/mol. The zero-order valence-corrected chi connectivity index (χ0v) is 15.8. The Morgan fingerprint density at radius 2 is 1.18 bits per heavy atom. The average molecular weight is 318 g/mol. The SMILES string of the molecule is BC(B)(C(C)(CCCC)CCCCCC)C(C)(C)C(F)(F)F. The van der Waals surface area contributed by atoms with E-state index in [1.54, 1.807) is 0 Å². The van der Waals surface area contributed by atoms with Gasteiger partial charge in [0.15, 0.2) is 0 Å². The van der Waals surface area contributed by atoms with Crippen LogP contribution in [0.4, 0.5) is 13.2 Å². The van der Waals surface area contributed by atoms with E-state index in [1.807, 2.05) is 15.7 Å². The third-order valence-corrected chi connectivity index (χ3v) is 6.44. The lowest BCUT2D eigenvalue weighted by molar-refractivity contribution is -0.227. The van der Waals surface area contributed by atoms with Crippen molar-refractivity contribution in [2.24, 2.45) is 10.8 Å². The van der Waals surface area contributed by atoms with Crippen molar-refractivity contribution in [1.29, 1.82) is 0 Å². The summed E-state index contributed by atoms with van der Waals surface area (Å²) in [5, 5.41) is -0.792. The lowest BCUT2D eigenvalue weighted by Crippen LogP contribution is -2.52. The molecule has 0 aromatic carbocycles. The minimum atomic E-state index is -4.17. The van der Waals surface area contributed by atoms with Gasteiger partial charge in [0.1, 0.15) is 15.7 Å². The van der Waals surface area contributed by atoms with E-state index in [9.17, 15) is 13.2 Å². The Bertz CT molecular complexity index is 324. The number of hydrogen-bond acceptors (Lipinski definition) is 0. The van der Waals surface area contributed by atoms with Crippen LogP contribution in [-0.4, -0.2) is 21.9 Å². The maximum Gasteiger partial charge on any atom is 0.393 e. The van der Waals surface area contributed by atoms with Crippen molar-refractivity contribution >= 4 is 15.7 Å². The largest absolute Gasteiger partial charge is 0.393 e. The molecule has 22 heavy (non-hydrogen) atoms. The van der Waals surface area contributed by atoms with Gasteiger partial charge in [-0.05, 0) is 18.3 Å². The summed E-state index contributed by atoms with van der Waals surface area (Å²) in [5.74, 6) is 0. The van der Waals surface area contributed by atoms with Crippen LogP contribution in [0.1, 0.15) is 86.0 Å². The molecule has 0 spiro atoms. The fourth-order valence-corrected chi connectivity index (χ4v) is 3.37. The molecule has 0 radical (unpaired) electrons. The molecule has 1 atom stereocenters. The number of unbranched alkanes of at least 4 members (excludes halogenated alkanes) is 4. The van der Waals surface area contributed by atoms with E-state index in [0.29, 0.717) is 0 Å². The van der Waals surface area contributed by atoms with Crippen molar-refractivity contribution in [2.45, 2.75) is 97.4 Å². The maximum absolute atomic E-state index is 13.6. The molecule has 0 N–H and O–H groups in total. The quantitative estimate of drug-likeness (QED) is 0.387.